The molecule has 1 aromatic rings. The van der Waals surface area contributed by atoms with E-state index >= 15 is 0 Å². The van der Waals surface area contributed by atoms with E-state index in [-0.39, 0.29) is 24.2 Å². The summed E-state index contributed by atoms with van der Waals surface area (Å²) in [5.41, 5.74) is 6.26. The van der Waals surface area contributed by atoms with Crippen LogP contribution in [-0.4, -0.2) is 35.7 Å². The molecule has 112 valence electrons. The van der Waals surface area contributed by atoms with Crippen molar-refractivity contribution in [2.45, 2.75) is 13.3 Å². The van der Waals surface area contributed by atoms with Gasteiger partial charge in [0.1, 0.15) is 5.75 Å². The number of rotatable bonds is 6. The van der Waals surface area contributed by atoms with Crippen LogP contribution in [0.1, 0.15) is 18.9 Å². The average molecular weight is 306 g/mol. The Balaban J connectivity index is 2.09. The summed E-state index contributed by atoms with van der Waals surface area (Å²) in [5, 5.41) is -0.264. The van der Waals surface area contributed by atoms with Crippen LogP contribution >= 0.6 is 11.8 Å². The second kappa shape index (κ2) is 7.28. The molecular weight excluding hydrogens is 288 g/mol. The predicted molar refractivity (Wildman–Crippen MR) is 84.0 cm³/mol. The number of hydrogen-bond acceptors (Lipinski definition) is 5. The molecule has 0 aliphatic carbocycles. The van der Waals surface area contributed by atoms with E-state index < -0.39 is 0 Å². The van der Waals surface area contributed by atoms with E-state index in [0.29, 0.717) is 11.5 Å². The fourth-order valence-corrected chi connectivity index (χ4v) is 2.72. The highest BCUT2D eigenvalue weighted by molar-refractivity contribution is 8.18. The Labute approximate surface area is 128 Å². The van der Waals surface area contributed by atoms with Gasteiger partial charge in [-0.05, 0) is 42.0 Å². The van der Waals surface area contributed by atoms with Crippen molar-refractivity contribution in [1.29, 1.82) is 0 Å². The van der Waals surface area contributed by atoms with Gasteiger partial charge in [0.2, 0.25) is 0 Å². The Morgan fingerprint density at radius 2 is 2.00 bits per heavy atom. The molecule has 1 fully saturated rings. The summed E-state index contributed by atoms with van der Waals surface area (Å²) in [6.45, 7) is 3.25. The molecule has 0 bridgehead atoms. The van der Waals surface area contributed by atoms with Crippen molar-refractivity contribution < 1.29 is 14.3 Å². The smallest absolute Gasteiger partial charge is 0.293 e. The topological polar surface area (TPSA) is 72.6 Å². The molecule has 1 aliphatic rings. The van der Waals surface area contributed by atoms with Gasteiger partial charge in [-0.25, -0.2) is 0 Å². The standard InChI is InChI=1S/C15H18N2O3S/c1-2-9-20-12-5-3-11(4-6-12)10-13-14(18)17(8-7-16)15(19)21-13/h3-6,10H,2,7-9,16H2,1H3. The van der Waals surface area contributed by atoms with Crippen molar-refractivity contribution in [2.75, 3.05) is 19.7 Å². The minimum atomic E-state index is -0.276. The van der Waals surface area contributed by atoms with Crippen molar-refractivity contribution in [2.24, 2.45) is 5.73 Å². The minimum Gasteiger partial charge on any atom is -0.494 e. The maximum Gasteiger partial charge on any atom is 0.293 e. The van der Waals surface area contributed by atoms with Crippen LogP contribution in [-0.2, 0) is 4.79 Å². The van der Waals surface area contributed by atoms with Crippen LogP contribution < -0.4 is 10.5 Å². The second-order valence-corrected chi connectivity index (χ2v) is 5.53. The van der Waals surface area contributed by atoms with Crippen LogP contribution in [0.25, 0.3) is 6.08 Å². The van der Waals surface area contributed by atoms with Gasteiger partial charge < -0.3 is 10.5 Å². The first-order valence-corrected chi connectivity index (χ1v) is 7.65. The molecule has 2 amide bonds. The summed E-state index contributed by atoms with van der Waals surface area (Å²) >= 11 is 0.946. The number of benzene rings is 1. The zero-order valence-electron chi connectivity index (χ0n) is 11.9. The van der Waals surface area contributed by atoms with Gasteiger partial charge in [-0.15, -0.1) is 0 Å². The van der Waals surface area contributed by atoms with Crippen LogP contribution in [0.5, 0.6) is 5.75 Å². The number of ether oxygens (including phenoxy) is 1. The Hall–Kier alpha value is -1.79. The summed E-state index contributed by atoms with van der Waals surface area (Å²) in [7, 11) is 0. The lowest BCUT2D eigenvalue weighted by molar-refractivity contribution is -0.122. The van der Waals surface area contributed by atoms with Crippen LogP contribution in [0, 0.1) is 0 Å². The van der Waals surface area contributed by atoms with Gasteiger partial charge >= 0.3 is 0 Å². The molecule has 0 spiro atoms. The third-order valence-electron chi connectivity index (χ3n) is 2.88. The van der Waals surface area contributed by atoms with Crippen LogP contribution in [0.3, 0.4) is 0 Å². The second-order valence-electron chi connectivity index (χ2n) is 4.54. The molecular formula is C15H18N2O3S. The normalized spacial score (nSPS) is 16.9. The molecule has 5 nitrogen and oxygen atoms in total. The Kier molecular flexibility index (Phi) is 5.41. The Bertz CT molecular complexity index is 555. The third-order valence-corrected chi connectivity index (χ3v) is 3.78. The molecule has 1 heterocycles. The first kappa shape index (κ1) is 15.6. The molecule has 1 aromatic carbocycles. The predicted octanol–water partition coefficient (Wildman–Crippen LogP) is 2.47. The van der Waals surface area contributed by atoms with E-state index in [2.05, 4.69) is 0 Å². The molecule has 0 aromatic heterocycles. The first-order chi connectivity index (χ1) is 10.2. The quantitative estimate of drug-likeness (QED) is 0.817. The number of hydrogen-bond donors (Lipinski definition) is 1. The van der Waals surface area contributed by atoms with E-state index in [1.165, 1.54) is 4.90 Å². The van der Waals surface area contributed by atoms with Crippen LogP contribution in [0.2, 0.25) is 0 Å². The van der Waals surface area contributed by atoms with Crippen molar-refractivity contribution in [1.82, 2.24) is 4.90 Å². The van der Waals surface area contributed by atoms with Crippen molar-refractivity contribution in [3.05, 3.63) is 34.7 Å². The maximum absolute atomic E-state index is 12.1. The number of nitrogens with two attached hydrogens (primary N) is 1. The number of carbonyl (C=O) groups is 2. The largest absolute Gasteiger partial charge is 0.494 e. The lowest BCUT2D eigenvalue weighted by atomic mass is 10.2. The van der Waals surface area contributed by atoms with Crippen molar-refractivity contribution in [3.8, 4) is 5.75 Å². The molecule has 21 heavy (non-hydrogen) atoms. The van der Waals surface area contributed by atoms with Crippen molar-refractivity contribution in [3.63, 3.8) is 0 Å². The average Bonchev–Trinajstić information content (AvgIpc) is 2.75. The number of amides is 2. The minimum absolute atomic E-state index is 0.256. The zero-order chi connectivity index (χ0) is 15.2. The lowest BCUT2D eigenvalue weighted by Crippen LogP contribution is -2.33. The van der Waals surface area contributed by atoms with E-state index in [9.17, 15) is 9.59 Å². The fraction of sp³-hybridized carbons (Fsp3) is 0.333. The van der Waals surface area contributed by atoms with Gasteiger partial charge in [0.25, 0.3) is 11.1 Å². The molecule has 0 atom stereocenters. The highest BCUT2D eigenvalue weighted by Crippen LogP contribution is 2.32. The molecule has 2 rings (SSSR count). The summed E-state index contributed by atoms with van der Waals surface area (Å²) in [6, 6.07) is 7.43. The maximum atomic E-state index is 12.1. The van der Waals surface area contributed by atoms with Gasteiger partial charge in [0, 0.05) is 13.1 Å². The van der Waals surface area contributed by atoms with E-state index in [1.54, 1.807) is 6.08 Å². The molecule has 1 saturated heterocycles. The highest BCUT2D eigenvalue weighted by Gasteiger charge is 2.34. The third kappa shape index (κ3) is 3.86. The number of carbonyl (C=O) groups excluding carboxylic acids is 2. The Morgan fingerprint density at radius 3 is 2.62 bits per heavy atom. The van der Waals surface area contributed by atoms with E-state index in [4.69, 9.17) is 10.5 Å². The van der Waals surface area contributed by atoms with E-state index in [0.717, 1.165) is 29.5 Å². The molecule has 1 aliphatic heterocycles. The Morgan fingerprint density at radius 1 is 1.29 bits per heavy atom. The van der Waals surface area contributed by atoms with Crippen LogP contribution in [0.15, 0.2) is 29.2 Å². The summed E-state index contributed by atoms with van der Waals surface area (Å²) < 4.78 is 5.50. The SMILES string of the molecule is CCCOc1ccc(C=C2SC(=O)N(CCN)C2=O)cc1. The molecule has 0 saturated carbocycles. The molecule has 0 unspecified atom stereocenters. The summed E-state index contributed by atoms with van der Waals surface area (Å²) in [5.74, 6) is 0.520. The zero-order valence-corrected chi connectivity index (χ0v) is 12.7. The molecule has 0 radical (unpaired) electrons. The van der Waals surface area contributed by atoms with Gasteiger partial charge in [0.05, 0.1) is 11.5 Å². The van der Waals surface area contributed by atoms with Gasteiger partial charge in [-0.2, -0.15) is 0 Å². The van der Waals surface area contributed by atoms with Gasteiger partial charge in [0.15, 0.2) is 0 Å². The van der Waals surface area contributed by atoms with Gasteiger partial charge in [-0.3, -0.25) is 14.5 Å². The molecule has 6 heteroatoms. The first-order valence-electron chi connectivity index (χ1n) is 6.84. The summed E-state index contributed by atoms with van der Waals surface area (Å²) in [4.78, 5) is 25.4. The lowest BCUT2D eigenvalue weighted by Gasteiger charge is -2.09. The van der Waals surface area contributed by atoms with E-state index in [1.807, 2.05) is 31.2 Å². The summed E-state index contributed by atoms with van der Waals surface area (Å²) in [6.07, 6.45) is 2.67. The number of nitrogens with zero attached hydrogens (tertiary/aromatic N) is 1. The molecule has 2 N–H and O–H groups in total. The fourth-order valence-electron chi connectivity index (χ4n) is 1.85. The highest BCUT2D eigenvalue weighted by atomic mass is 32.2. The number of imide groups is 1. The number of thioether (sulfide) groups is 1. The van der Waals surface area contributed by atoms with Crippen molar-refractivity contribution >= 4 is 29.0 Å². The van der Waals surface area contributed by atoms with Crippen LogP contribution in [0.4, 0.5) is 4.79 Å². The monoisotopic (exact) mass is 306 g/mol. The van der Waals surface area contributed by atoms with Gasteiger partial charge in [-0.1, -0.05) is 19.1 Å².